The van der Waals surface area contributed by atoms with Crippen molar-refractivity contribution in [2.75, 3.05) is 26.7 Å². The number of nitrogens with zero attached hydrogens (tertiary/aromatic N) is 2. The van der Waals surface area contributed by atoms with Crippen molar-refractivity contribution in [3.63, 3.8) is 0 Å². The minimum Gasteiger partial charge on any atom is -0.471 e. The average Bonchev–Trinajstić information content (AvgIpc) is 2.60. The van der Waals surface area contributed by atoms with Crippen LogP contribution in [-0.4, -0.2) is 60.9 Å². The number of carbonyl (C=O) groups excluding carboxylic acids is 1. The molecule has 2 rings (SSSR count). The summed E-state index contributed by atoms with van der Waals surface area (Å²) in [5.74, 6) is -4.72. The number of pyridine rings is 1. The number of piperidine rings is 1. The fourth-order valence-electron chi connectivity index (χ4n) is 2.39. The molecular formula is C15H19F4N3O2. The Morgan fingerprint density at radius 2 is 2.08 bits per heavy atom. The van der Waals surface area contributed by atoms with Crippen molar-refractivity contribution in [2.45, 2.75) is 31.2 Å². The fraction of sp³-hybridized carbons (Fsp3) is 0.600. The summed E-state index contributed by atoms with van der Waals surface area (Å²) in [6.45, 7) is 0.206. The first-order valence-electron chi connectivity index (χ1n) is 7.54. The van der Waals surface area contributed by atoms with E-state index in [1.807, 2.05) is 0 Å². The molecule has 0 bridgehead atoms. The lowest BCUT2D eigenvalue weighted by molar-refractivity contribution is -0.148. The van der Waals surface area contributed by atoms with Gasteiger partial charge in [0.15, 0.2) is 6.61 Å². The molecule has 134 valence electrons. The fourth-order valence-corrected chi connectivity index (χ4v) is 2.39. The van der Waals surface area contributed by atoms with E-state index in [2.05, 4.69) is 15.0 Å². The Morgan fingerprint density at radius 3 is 2.62 bits per heavy atom. The molecule has 1 saturated heterocycles. The lowest BCUT2D eigenvalue weighted by atomic mass is 10.0. The van der Waals surface area contributed by atoms with Gasteiger partial charge < -0.3 is 15.0 Å². The predicted octanol–water partition coefficient (Wildman–Crippen LogP) is 2.18. The zero-order valence-corrected chi connectivity index (χ0v) is 13.1. The Bertz CT molecular complexity index is 548. The molecule has 24 heavy (non-hydrogen) atoms. The topological polar surface area (TPSA) is 54.5 Å². The molecule has 1 amide bonds. The van der Waals surface area contributed by atoms with Crippen LogP contribution in [0.3, 0.4) is 0 Å². The first kappa shape index (κ1) is 18.4. The minimum atomic E-state index is -4.24. The lowest BCUT2D eigenvalue weighted by Crippen LogP contribution is -2.44. The van der Waals surface area contributed by atoms with Crippen LogP contribution >= 0.6 is 0 Å². The van der Waals surface area contributed by atoms with Gasteiger partial charge in [0.05, 0.1) is 5.56 Å². The van der Waals surface area contributed by atoms with Gasteiger partial charge in [0.1, 0.15) is 0 Å². The molecule has 0 unspecified atom stereocenters. The Labute approximate surface area is 137 Å². The second kappa shape index (κ2) is 7.78. The molecule has 5 nitrogen and oxygen atoms in total. The molecule has 1 aliphatic rings. The number of aromatic nitrogens is 1. The highest BCUT2D eigenvalue weighted by Gasteiger charge is 2.41. The number of hydrogen-bond acceptors (Lipinski definition) is 4. The van der Waals surface area contributed by atoms with Crippen LogP contribution in [-0.2, 0) is 0 Å². The van der Waals surface area contributed by atoms with Gasteiger partial charge in [-0.2, -0.15) is 8.78 Å². The highest BCUT2D eigenvalue weighted by molar-refractivity contribution is 5.94. The summed E-state index contributed by atoms with van der Waals surface area (Å²) in [7, 11) is 1.70. The molecule has 1 aromatic rings. The van der Waals surface area contributed by atoms with Gasteiger partial charge in [0.25, 0.3) is 5.91 Å². The number of hydrogen-bond donors (Lipinski definition) is 1. The maximum absolute atomic E-state index is 12.8. The molecule has 1 aromatic heterocycles. The summed E-state index contributed by atoms with van der Waals surface area (Å²) in [5.41, 5.74) is 0.281. The molecule has 0 spiro atoms. The van der Waals surface area contributed by atoms with E-state index < -0.39 is 19.0 Å². The van der Waals surface area contributed by atoms with Gasteiger partial charge in [-0.05, 0) is 32.0 Å². The normalized spacial score (nSPS) is 16.2. The largest absolute Gasteiger partial charge is 0.471 e. The van der Waals surface area contributed by atoms with Crippen LogP contribution in [0.5, 0.6) is 5.88 Å². The van der Waals surface area contributed by atoms with Crippen LogP contribution in [0.15, 0.2) is 18.3 Å². The molecule has 1 aliphatic heterocycles. The summed E-state index contributed by atoms with van der Waals surface area (Å²) in [4.78, 5) is 17.7. The minimum absolute atomic E-state index is 0.124. The summed E-state index contributed by atoms with van der Waals surface area (Å²) < 4.78 is 54.2. The van der Waals surface area contributed by atoms with E-state index in [4.69, 9.17) is 0 Å². The Hall–Kier alpha value is -1.90. The average molecular weight is 349 g/mol. The van der Waals surface area contributed by atoms with Gasteiger partial charge in [-0.1, -0.05) is 0 Å². The van der Waals surface area contributed by atoms with Gasteiger partial charge in [0.2, 0.25) is 5.88 Å². The van der Waals surface area contributed by atoms with Crippen molar-refractivity contribution in [1.29, 1.82) is 0 Å². The van der Waals surface area contributed by atoms with Gasteiger partial charge >= 0.3 is 12.3 Å². The highest BCUT2D eigenvalue weighted by Crippen LogP contribution is 2.24. The third-order valence-electron chi connectivity index (χ3n) is 3.89. The maximum Gasteiger partial charge on any atom is 0.340 e. The SMILES string of the molecule is CN(C(=O)c1ccc(OCC(F)(F)C(F)F)nc1)C1CCNCC1. The summed E-state index contributed by atoms with van der Waals surface area (Å²) in [6, 6.07) is 2.72. The van der Waals surface area contributed by atoms with Gasteiger partial charge in [-0.25, -0.2) is 13.8 Å². The second-order valence-corrected chi connectivity index (χ2v) is 5.63. The number of halogens is 4. The van der Waals surface area contributed by atoms with E-state index in [9.17, 15) is 22.4 Å². The highest BCUT2D eigenvalue weighted by atomic mass is 19.3. The summed E-state index contributed by atoms with van der Waals surface area (Å²) >= 11 is 0. The van der Waals surface area contributed by atoms with Crippen LogP contribution in [0.25, 0.3) is 0 Å². The predicted molar refractivity (Wildman–Crippen MR) is 78.7 cm³/mol. The summed E-state index contributed by atoms with van der Waals surface area (Å²) in [5, 5.41) is 3.21. The van der Waals surface area contributed by atoms with Crippen LogP contribution in [0.2, 0.25) is 0 Å². The zero-order valence-electron chi connectivity index (χ0n) is 13.1. The maximum atomic E-state index is 12.8. The van der Waals surface area contributed by atoms with Gasteiger partial charge in [-0.15, -0.1) is 0 Å². The lowest BCUT2D eigenvalue weighted by Gasteiger charge is -2.31. The molecule has 0 aliphatic carbocycles. The van der Waals surface area contributed by atoms with Crippen LogP contribution in [0.4, 0.5) is 17.6 Å². The first-order chi connectivity index (χ1) is 11.3. The third kappa shape index (κ3) is 4.56. The van der Waals surface area contributed by atoms with E-state index >= 15 is 0 Å². The van der Waals surface area contributed by atoms with E-state index in [1.165, 1.54) is 18.3 Å². The molecule has 0 saturated carbocycles. The zero-order chi connectivity index (χ0) is 17.7. The Kier molecular flexibility index (Phi) is 5.98. The van der Waals surface area contributed by atoms with Crippen molar-refractivity contribution in [3.05, 3.63) is 23.9 Å². The number of carbonyl (C=O) groups is 1. The molecule has 0 atom stereocenters. The van der Waals surface area contributed by atoms with E-state index in [1.54, 1.807) is 11.9 Å². The van der Waals surface area contributed by atoms with Crippen molar-refractivity contribution in [3.8, 4) is 5.88 Å². The molecule has 0 aromatic carbocycles. The van der Waals surface area contributed by atoms with Gasteiger partial charge in [-0.3, -0.25) is 4.79 Å². The van der Waals surface area contributed by atoms with E-state index in [0.29, 0.717) is 0 Å². The van der Waals surface area contributed by atoms with Gasteiger partial charge in [0, 0.05) is 25.4 Å². The quantitative estimate of drug-likeness (QED) is 0.800. The summed E-state index contributed by atoms with van der Waals surface area (Å²) in [6.07, 6.45) is -0.925. The van der Waals surface area contributed by atoms with Crippen LogP contribution < -0.4 is 10.1 Å². The molecule has 2 heterocycles. The van der Waals surface area contributed by atoms with E-state index in [0.717, 1.165) is 25.9 Å². The standard InChI is InChI=1S/C15H19F4N3O2/c1-22(11-4-6-20-7-5-11)13(23)10-2-3-12(21-8-10)24-9-15(18,19)14(16)17/h2-3,8,11,14,20H,4-7,9H2,1H3. The van der Waals surface area contributed by atoms with E-state index in [-0.39, 0.29) is 23.4 Å². The van der Waals surface area contributed by atoms with Crippen molar-refractivity contribution in [1.82, 2.24) is 15.2 Å². The molecular weight excluding hydrogens is 330 g/mol. The second-order valence-electron chi connectivity index (χ2n) is 5.63. The number of amides is 1. The first-order valence-corrected chi connectivity index (χ1v) is 7.54. The number of nitrogens with one attached hydrogen (secondary N) is 1. The number of alkyl halides is 4. The van der Waals surface area contributed by atoms with Crippen LogP contribution in [0, 0.1) is 0 Å². The van der Waals surface area contributed by atoms with Crippen molar-refractivity contribution >= 4 is 5.91 Å². The molecule has 0 radical (unpaired) electrons. The number of rotatable bonds is 6. The smallest absolute Gasteiger partial charge is 0.340 e. The monoisotopic (exact) mass is 349 g/mol. The van der Waals surface area contributed by atoms with Crippen molar-refractivity contribution in [2.24, 2.45) is 0 Å². The number of ether oxygens (including phenoxy) is 1. The molecule has 1 fully saturated rings. The third-order valence-corrected chi connectivity index (χ3v) is 3.89. The van der Waals surface area contributed by atoms with Crippen LogP contribution in [0.1, 0.15) is 23.2 Å². The molecule has 9 heteroatoms. The Balaban J connectivity index is 1.94. The Morgan fingerprint density at radius 1 is 1.42 bits per heavy atom. The van der Waals surface area contributed by atoms with Crippen molar-refractivity contribution < 1.29 is 27.1 Å². The molecule has 1 N–H and O–H groups in total.